The van der Waals surface area contributed by atoms with Crippen LogP contribution in [0.1, 0.15) is 0 Å². The lowest BCUT2D eigenvalue weighted by atomic mass is 9.83. The van der Waals surface area contributed by atoms with E-state index in [0.717, 1.165) is 4.57 Å². The largest absolute Gasteiger partial charge is 0.289 e. The Labute approximate surface area is 253 Å². The summed E-state index contributed by atoms with van der Waals surface area (Å²) in [4.78, 5) is 75.9. The third kappa shape index (κ3) is 2.45. The van der Waals surface area contributed by atoms with Gasteiger partial charge in [0.15, 0.2) is 10.9 Å². The molecule has 0 fully saturated rings. The zero-order valence-corrected chi connectivity index (χ0v) is 23.5. The Morgan fingerprint density at radius 3 is 1.65 bits per heavy atom. The smallest absolute Gasteiger partial charge is 0.266 e. The van der Waals surface area contributed by atoms with Crippen molar-refractivity contribution in [2.45, 2.75) is 0 Å². The molecule has 0 aliphatic heterocycles. The molecule has 0 radical (unpaired) electrons. The summed E-state index contributed by atoms with van der Waals surface area (Å²) in [5.41, 5.74) is 0.166. The minimum absolute atomic E-state index is 0.191. The Balaban J connectivity index is 1.47. The predicted octanol–water partition coefficient (Wildman–Crippen LogP) is 5.34. The minimum Gasteiger partial charge on any atom is -0.289 e. The number of rotatable bonds is 1. The Morgan fingerprint density at radius 2 is 0.957 bits per heavy atom. The highest BCUT2D eigenvalue weighted by Crippen LogP contribution is 2.44. The highest BCUT2D eigenvalue weighted by molar-refractivity contribution is 6.42. The molecule has 0 unspecified atom stereocenters. The van der Waals surface area contributed by atoms with Crippen molar-refractivity contribution >= 4 is 92.1 Å². The highest BCUT2D eigenvalue weighted by Gasteiger charge is 2.28. The fraction of sp³-hybridized carbons (Fsp3) is 0. The van der Waals surface area contributed by atoms with Crippen molar-refractivity contribution < 1.29 is 0 Å². The highest BCUT2D eigenvalue weighted by atomic mass is 16.2. The Hall–Kier alpha value is -6.54. The summed E-state index contributed by atoms with van der Waals surface area (Å²) in [6.45, 7) is 0. The maximum Gasteiger partial charge on any atom is 0.266 e. The molecule has 0 aliphatic carbocycles. The van der Waals surface area contributed by atoms with Crippen molar-refractivity contribution in [3.8, 4) is 5.69 Å². The molecule has 8 heteroatoms. The van der Waals surface area contributed by atoms with Crippen molar-refractivity contribution in [1.82, 2.24) is 14.0 Å². The SMILES string of the molecule is O=c1c2ccc3c4c(cc5c(=O)c6ccc7c(=O)n(-c8ccccc8)c(=O)c8cc1c(c6c78)c5c24)c(=O)n1c2ccccc2nc31. The first-order chi connectivity index (χ1) is 22.4. The van der Waals surface area contributed by atoms with Gasteiger partial charge < -0.3 is 0 Å². The van der Waals surface area contributed by atoms with E-state index in [-0.39, 0.29) is 38.0 Å². The van der Waals surface area contributed by atoms with E-state index in [0.29, 0.717) is 76.2 Å². The molecule has 0 N–H and O–H groups in total. The summed E-state index contributed by atoms with van der Waals surface area (Å²) in [6.07, 6.45) is 0. The molecular formula is C38H15N3O5. The minimum atomic E-state index is -0.560. The van der Waals surface area contributed by atoms with Crippen LogP contribution in [0.15, 0.2) is 115 Å². The van der Waals surface area contributed by atoms with E-state index in [1.807, 2.05) is 24.3 Å². The van der Waals surface area contributed by atoms with Crippen molar-refractivity contribution in [3.05, 3.63) is 143 Å². The van der Waals surface area contributed by atoms with Crippen LogP contribution >= 0.6 is 0 Å². The average molecular weight is 594 g/mol. The second kappa shape index (κ2) is 7.57. The summed E-state index contributed by atoms with van der Waals surface area (Å²) >= 11 is 0. The number of pyridine rings is 2. The summed E-state index contributed by atoms with van der Waals surface area (Å²) in [7, 11) is 0. The first-order valence-electron chi connectivity index (χ1n) is 14.8. The molecule has 46 heavy (non-hydrogen) atoms. The van der Waals surface area contributed by atoms with Crippen LogP contribution in [-0.4, -0.2) is 14.0 Å². The van der Waals surface area contributed by atoms with Gasteiger partial charge in [-0.1, -0.05) is 30.3 Å². The predicted molar refractivity (Wildman–Crippen MR) is 182 cm³/mol. The second-order valence-electron chi connectivity index (χ2n) is 12.0. The third-order valence-corrected chi connectivity index (χ3v) is 9.91. The molecule has 0 atom stereocenters. The van der Waals surface area contributed by atoms with Gasteiger partial charge in [-0.25, -0.2) is 9.55 Å². The van der Waals surface area contributed by atoms with Crippen LogP contribution in [0.5, 0.6) is 0 Å². The van der Waals surface area contributed by atoms with Crippen molar-refractivity contribution in [1.29, 1.82) is 0 Å². The zero-order valence-electron chi connectivity index (χ0n) is 23.5. The molecule has 8 aromatic carbocycles. The molecule has 0 saturated carbocycles. The van der Waals surface area contributed by atoms with Crippen LogP contribution in [0.3, 0.4) is 0 Å². The van der Waals surface area contributed by atoms with Gasteiger partial charge in [0.1, 0.15) is 5.65 Å². The topological polar surface area (TPSA) is 108 Å². The first kappa shape index (κ1) is 23.9. The molecule has 3 aromatic heterocycles. The lowest BCUT2D eigenvalue weighted by molar-refractivity contribution is 0.970. The lowest BCUT2D eigenvalue weighted by Gasteiger charge is -2.19. The van der Waals surface area contributed by atoms with Gasteiger partial charge in [-0.15, -0.1) is 0 Å². The van der Waals surface area contributed by atoms with E-state index in [1.165, 1.54) is 0 Å². The fourth-order valence-electron chi connectivity index (χ4n) is 8.06. The lowest BCUT2D eigenvalue weighted by Crippen LogP contribution is -2.32. The van der Waals surface area contributed by atoms with Gasteiger partial charge >= 0.3 is 0 Å². The van der Waals surface area contributed by atoms with Crippen LogP contribution in [0, 0.1) is 0 Å². The molecule has 3 heterocycles. The van der Waals surface area contributed by atoms with E-state index < -0.39 is 11.1 Å². The number of fused-ring (bicyclic) bond motifs is 4. The maximum absolute atomic E-state index is 14.5. The molecule has 0 aliphatic rings. The van der Waals surface area contributed by atoms with Crippen LogP contribution in [-0.2, 0) is 0 Å². The van der Waals surface area contributed by atoms with E-state index in [1.54, 1.807) is 71.1 Å². The summed E-state index contributed by atoms with van der Waals surface area (Å²) in [5, 5.41) is 5.67. The zero-order chi connectivity index (χ0) is 30.7. The van der Waals surface area contributed by atoms with E-state index in [4.69, 9.17) is 4.98 Å². The number of imidazole rings is 1. The average Bonchev–Trinajstić information content (AvgIpc) is 3.48. The van der Waals surface area contributed by atoms with Crippen molar-refractivity contribution in [2.75, 3.05) is 0 Å². The molecule has 8 nitrogen and oxygen atoms in total. The number of para-hydroxylation sites is 3. The molecule has 0 spiro atoms. The van der Waals surface area contributed by atoms with E-state index in [2.05, 4.69) is 0 Å². The van der Waals surface area contributed by atoms with Gasteiger partial charge in [-0.3, -0.25) is 28.4 Å². The number of benzene rings is 8. The Morgan fingerprint density at radius 1 is 0.435 bits per heavy atom. The van der Waals surface area contributed by atoms with Crippen molar-refractivity contribution in [3.63, 3.8) is 0 Å². The summed E-state index contributed by atoms with van der Waals surface area (Å²) < 4.78 is 2.69. The summed E-state index contributed by atoms with van der Waals surface area (Å²) in [5.74, 6) is 0. The normalized spacial score (nSPS) is 12.8. The quantitative estimate of drug-likeness (QED) is 0.188. The van der Waals surface area contributed by atoms with Crippen molar-refractivity contribution in [2.24, 2.45) is 0 Å². The van der Waals surface area contributed by atoms with Crippen LogP contribution in [0.2, 0.25) is 0 Å². The number of aromatic nitrogens is 3. The molecule has 212 valence electrons. The monoisotopic (exact) mass is 593 g/mol. The fourth-order valence-corrected chi connectivity index (χ4v) is 8.06. The molecular weight excluding hydrogens is 578 g/mol. The van der Waals surface area contributed by atoms with E-state index >= 15 is 0 Å². The maximum atomic E-state index is 14.5. The molecule has 0 saturated heterocycles. The number of hydrogen-bond donors (Lipinski definition) is 0. The molecule has 0 bridgehead atoms. The molecule has 11 rings (SSSR count). The third-order valence-electron chi connectivity index (χ3n) is 9.91. The first-order valence-corrected chi connectivity index (χ1v) is 14.8. The number of nitrogens with zero attached hydrogens (tertiary/aromatic N) is 3. The van der Waals surface area contributed by atoms with Gasteiger partial charge in [0.2, 0.25) is 0 Å². The van der Waals surface area contributed by atoms with Crippen LogP contribution in [0.4, 0.5) is 0 Å². The Kier molecular flexibility index (Phi) is 3.92. The Bertz CT molecular complexity index is 3460. The van der Waals surface area contributed by atoms with Gasteiger partial charge in [0.05, 0.1) is 16.7 Å². The van der Waals surface area contributed by atoms with E-state index in [9.17, 15) is 24.0 Å². The standard InChI is InChI=1S/C38H15N3O5/c42-33-17-10-12-19-27-23(38(46)41-26-9-5-4-8-25(26)39-35(19)41)14-21-31(29(17)27)32-22(33)15-24-28-20(13-11-18(30(28)32)34(21)43)36(44)40(37(24)45)16-6-2-1-3-7-16/h1-15H. The second-order valence-corrected chi connectivity index (χ2v) is 12.0. The number of hydrogen-bond acceptors (Lipinski definition) is 6. The van der Waals surface area contributed by atoms with Gasteiger partial charge in [-0.2, -0.15) is 0 Å². The van der Waals surface area contributed by atoms with Crippen LogP contribution < -0.4 is 27.5 Å². The van der Waals surface area contributed by atoms with Crippen LogP contribution in [0.25, 0.3) is 97.8 Å². The van der Waals surface area contributed by atoms with Gasteiger partial charge in [0, 0.05) is 75.4 Å². The summed E-state index contributed by atoms with van der Waals surface area (Å²) in [6, 6.07) is 25.9. The van der Waals surface area contributed by atoms with Gasteiger partial charge in [-0.05, 0) is 60.7 Å². The molecule has 11 aromatic rings. The molecule has 0 amide bonds. The van der Waals surface area contributed by atoms with Gasteiger partial charge in [0.25, 0.3) is 16.7 Å².